The predicted octanol–water partition coefficient (Wildman–Crippen LogP) is 4.43. The lowest BCUT2D eigenvalue weighted by molar-refractivity contribution is 0.0697. The highest BCUT2D eigenvalue weighted by Gasteiger charge is 2.49. The molecule has 4 rings (SSSR count). The van der Waals surface area contributed by atoms with E-state index >= 15 is 0 Å². The van der Waals surface area contributed by atoms with Gasteiger partial charge in [0.2, 0.25) is 0 Å². The van der Waals surface area contributed by atoms with Crippen LogP contribution >= 0.6 is 11.3 Å². The summed E-state index contributed by atoms with van der Waals surface area (Å²) in [6.07, 6.45) is 10.4. The van der Waals surface area contributed by atoms with E-state index < -0.39 is 0 Å². The molecule has 2 saturated carbocycles. The molecule has 21 heavy (non-hydrogen) atoms. The molecule has 2 nitrogen and oxygen atoms in total. The molecule has 0 aromatic carbocycles. The number of hydrogen-bond donors (Lipinski definition) is 1. The number of nitrogens with one attached hydrogen (secondary N) is 1. The van der Waals surface area contributed by atoms with Crippen LogP contribution in [-0.4, -0.2) is 11.0 Å². The SMILES string of the molecule is CC1CC(C)(C)CCC1(NC1CC1)c1nc2c(s1)CCC2. The number of thiazole rings is 1. The molecular weight excluding hydrogens is 276 g/mol. The van der Waals surface area contributed by atoms with Crippen LogP contribution in [0.3, 0.4) is 0 Å². The van der Waals surface area contributed by atoms with E-state index in [0.29, 0.717) is 11.3 Å². The molecule has 3 heteroatoms. The van der Waals surface area contributed by atoms with E-state index in [4.69, 9.17) is 4.98 Å². The molecule has 1 heterocycles. The van der Waals surface area contributed by atoms with Gasteiger partial charge in [0, 0.05) is 10.9 Å². The van der Waals surface area contributed by atoms with E-state index in [1.54, 1.807) is 4.88 Å². The van der Waals surface area contributed by atoms with Crippen LogP contribution in [0.25, 0.3) is 0 Å². The first-order chi connectivity index (χ1) is 9.98. The van der Waals surface area contributed by atoms with Gasteiger partial charge in [0.25, 0.3) is 0 Å². The summed E-state index contributed by atoms with van der Waals surface area (Å²) in [7, 11) is 0. The second-order valence-corrected chi connectivity index (χ2v) is 9.49. The average Bonchev–Trinajstić information content (AvgIpc) is 2.94. The van der Waals surface area contributed by atoms with Crippen molar-refractivity contribution in [3.8, 4) is 0 Å². The summed E-state index contributed by atoms with van der Waals surface area (Å²) in [5.41, 5.74) is 2.09. The topological polar surface area (TPSA) is 24.9 Å². The summed E-state index contributed by atoms with van der Waals surface area (Å²) in [6.45, 7) is 7.33. The molecule has 0 amide bonds. The summed E-state index contributed by atoms with van der Waals surface area (Å²) in [6, 6.07) is 0.757. The molecule has 0 saturated heterocycles. The van der Waals surface area contributed by atoms with Crippen molar-refractivity contribution in [2.45, 2.75) is 83.7 Å². The Morgan fingerprint density at radius 2 is 2.00 bits per heavy atom. The lowest BCUT2D eigenvalue weighted by Crippen LogP contribution is -2.53. The van der Waals surface area contributed by atoms with Crippen molar-refractivity contribution in [3.63, 3.8) is 0 Å². The van der Waals surface area contributed by atoms with Crippen LogP contribution in [0.2, 0.25) is 0 Å². The first-order valence-electron chi connectivity index (χ1n) is 8.75. The standard InChI is InChI=1S/C18H28N2S/c1-12-11-17(2,3)9-10-18(12,20-13-7-8-13)16-19-14-5-4-6-15(14)21-16/h12-13,20H,4-11H2,1-3H3. The van der Waals surface area contributed by atoms with Gasteiger partial charge in [-0.15, -0.1) is 11.3 Å². The van der Waals surface area contributed by atoms with Gasteiger partial charge in [0.05, 0.1) is 11.2 Å². The second-order valence-electron chi connectivity index (χ2n) is 8.40. The van der Waals surface area contributed by atoms with Crippen molar-refractivity contribution >= 4 is 11.3 Å². The highest BCUT2D eigenvalue weighted by molar-refractivity contribution is 7.12. The highest BCUT2D eigenvalue weighted by Crippen LogP contribution is 2.51. The fourth-order valence-corrected chi connectivity index (χ4v) is 5.90. The molecule has 2 atom stereocenters. The van der Waals surface area contributed by atoms with Gasteiger partial charge in [0.15, 0.2) is 0 Å². The minimum Gasteiger partial charge on any atom is -0.302 e. The largest absolute Gasteiger partial charge is 0.302 e. The maximum atomic E-state index is 5.12. The third-order valence-electron chi connectivity index (χ3n) is 5.91. The first kappa shape index (κ1) is 14.2. The van der Waals surface area contributed by atoms with E-state index in [9.17, 15) is 0 Å². The number of fused-ring (bicyclic) bond motifs is 1. The zero-order valence-corrected chi connectivity index (χ0v) is 14.5. The Balaban J connectivity index is 1.69. The van der Waals surface area contributed by atoms with Crippen LogP contribution in [0.1, 0.15) is 74.9 Å². The zero-order chi connectivity index (χ0) is 14.7. The molecule has 3 aliphatic rings. The Morgan fingerprint density at radius 3 is 2.67 bits per heavy atom. The molecular formula is C18H28N2S. The van der Waals surface area contributed by atoms with Crippen LogP contribution in [0.4, 0.5) is 0 Å². The van der Waals surface area contributed by atoms with E-state index in [2.05, 4.69) is 26.1 Å². The van der Waals surface area contributed by atoms with Crippen molar-refractivity contribution in [3.05, 3.63) is 15.6 Å². The van der Waals surface area contributed by atoms with Gasteiger partial charge in [-0.25, -0.2) is 4.98 Å². The molecule has 0 spiro atoms. The molecule has 2 fully saturated rings. The summed E-state index contributed by atoms with van der Waals surface area (Å²) in [5, 5.41) is 5.47. The molecule has 0 radical (unpaired) electrons. The van der Waals surface area contributed by atoms with E-state index in [1.165, 1.54) is 62.1 Å². The third kappa shape index (κ3) is 2.46. The van der Waals surface area contributed by atoms with Gasteiger partial charge in [-0.05, 0) is 62.7 Å². The van der Waals surface area contributed by atoms with Crippen LogP contribution in [0.5, 0.6) is 0 Å². The van der Waals surface area contributed by atoms with Gasteiger partial charge in [-0.2, -0.15) is 0 Å². The van der Waals surface area contributed by atoms with Crippen LogP contribution < -0.4 is 5.32 Å². The minimum absolute atomic E-state index is 0.172. The fourth-order valence-electron chi connectivity index (χ4n) is 4.45. The summed E-state index contributed by atoms with van der Waals surface area (Å²) >= 11 is 2.03. The smallest absolute Gasteiger partial charge is 0.114 e. The molecule has 0 bridgehead atoms. The van der Waals surface area contributed by atoms with Crippen molar-refractivity contribution in [2.24, 2.45) is 11.3 Å². The van der Waals surface area contributed by atoms with E-state index in [1.807, 2.05) is 11.3 Å². The fraction of sp³-hybridized carbons (Fsp3) is 0.833. The Kier molecular flexibility index (Phi) is 3.24. The van der Waals surface area contributed by atoms with Crippen molar-refractivity contribution in [2.75, 3.05) is 0 Å². The Bertz CT molecular complexity index is 522. The maximum absolute atomic E-state index is 5.12. The van der Waals surface area contributed by atoms with Crippen molar-refractivity contribution < 1.29 is 0 Å². The lowest BCUT2D eigenvalue weighted by Gasteiger charge is -2.48. The molecule has 2 unspecified atom stereocenters. The minimum atomic E-state index is 0.172. The van der Waals surface area contributed by atoms with Crippen molar-refractivity contribution in [1.82, 2.24) is 10.3 Å². The quantitative estimate of drug-likeness (QED) is 0.894. The van der Waals surface area contributed by atoms with Crippen LogP contribution in [0.15, 0.2) is 0 Å². The van der Waals surface area contributed by atoms with Crippen molar-refractivity contribution in [1.29, 1.82) is 0 Å². The zero-order valence-electron chi connectivity index (χ0n) is 13.7. The second kappa shape index (κ2) is 4.79. The number of hydrogen-bond acceptors (Lipinski definition) is 3. The van der Waals surface area contributed by atoms with Crippen LogP contribution in [-0.2, 0) is 18.4 Å². The molecule has 1 aromatic rings. The number of aryl methyl sites for hydroxylation is 2. The number of rotatable bonds is 3. The van der Waals surface area contributed by atoms with Gasteiger partial charge in [-0.1, -0.05) is 20.8 Å². The highest BCUT2D eigenvalue weighted by atomic mass is 32.1. The van der Waals surface area contributed by atoms with Crippen LogP contribution in [0, 0.1) is 11.3 Å². The number of aromatic nitrogens is 1. The molecule has 1 N–H and O–H groups in total. The molecule has 1 aromatic heterocycles. The van der Waals surface area contributed by atoms with Gasteiger partial charge in [0.1, 0.15) is 5.01 Å². The summed E-state index contributed by atoms with van der Waals surface area (Å²) in [5.74, 6) is 0.688. The first-order valence-corrected chi connectivity index (χ1v) is 9.57. The lowest BCUT2D eigenvalue weighted by atomic mass is 9.64. The monoisotopic (exact) mass is 304 g/mol. The molecule has 3 aliphatic carbocycles. The van der Waals surface area contributed by atoms with Gasteiger partial charge < -0.3 is 5.32 Å². The Morgan fingerprint density at radius 1 is 1.19 bits per heavy atom. The summed E-state index contributed by atoms with van der Waals surface area (Å²) in [4.78, 5) is 6.70. The molecule has 116 valence electrons. The van der Waals surface area contributed by atoms with E-state index in [-0.39, 0.29) is 5.54 Å². The van der Waals surface area contributed by atoms with Gasteiger partial charge >= 0.3 is 0 Å². The molecule has 0 aliphatic heterocycles. The Hall–Kier alpha value is -0.410. The summed E-state index contributed by atoms with van der Waals surface area (Å²) < 4.78 is 0. The van der Waals surface area contributed by atoms with Gasteiger partial charge in [-0.3, -0.25) is 0 Å². The third-order valence-corrected chi connectivity index (χ3v) is 7.25. The predicted molar refractivity (Wildman–Crippen MR) is 88.8 cm³/mol. The number of nitrogens with zero attached hydrogens (tertiary/aromatic N) is 1. The normalized spacial score (nSPS) is 34.9. The van der Waals surface area contributed by atoms with E-state index in [0.717, 1.165) is 6.04 Å². The Labute approximate surface area is 132 Å². The average molecular weight is 305 g/mol. The maximum Gasteiger partial charge on any atom is 0.114 e.